The molecule has 0 radical (unpaired) electrons. The van der Waals surface area contributed by atoms with E-state index in [0.717, 1.165) is 27.8 Å². The summed E-state index contributed by atoms with van der Waals surface area (Å²) in [6.45, 7) is 0.315. The van der Waals surface area contributed by atoms with Crippen molar-refractivity contribution < 1.29 is 19.4 Å². The van der Waals surface area contributed by atoms with Crippen LogP contribution in [0.2, 0.25) is 5.02 Å². The summed E-state index contributed by atoms with van der Waals surface area (Å²) in [7, 11) is 0. The average molecular weight is 500 g/mol. The van der Waals surface area contributed by atoms with Crippen molar-refractivity contribution in [1.29, 1.82) is 0 Å². The standard InChI is InChI=1S/C28H22ClN3O4/c29-24-16-30-27(31-25(24)26(33)34)32(15-14-18-8-2-1-3-9-18)28(35)36-17-23-21-12-6-4-10-19(21)20-11-5-7-13-22(20)23/h1-13,16,23H,14-15,17H2,(H,33,34). The molecule has 1 heterocycles. The highest BCUT2D eigenvalue weighted by molar-refractivity contribution is 6.33. The van der Waals surface area contributed by atoms with Crippen molar-refractivity contribution in [3.63, 3.8) is 0 Å². The van der Waals surface area contributed by atoms with E-state index in [4.69, 9.17) is 16.3 Å². The van der Waals surface area contributed by atoms with Crippen molar-refractivity contribution in [1.82, 2.24) is 9.97 Å². The largest absolute Gasteiger partial charge is 0.476 e. The predicted molar refractivity (Wildman–Crippen MR) is 137 cm³/mol. The second kappa shape index (κ2) is 10.2. The van der Waals surface area contributed by atoms with Crippen LogP contribution in [0.25, 0.3) is 11.1 Å². The molecular weight excluding hydrogens is 478 g/mol. The zero-order chi connectivity index (χ0) is 25.1. The van der Waals surface area contributed by atoms with Crippen molar-refractivity contribution in [2.24, 2.45) is 0 Å². The third-order valence-corrected chi connectivity index (χ3v) is 6.48. The number of benzene rings is 3. The summed E-state index contributed by atoms with van der Waals surface area (Å²) in [5.74, 6) is -1.50. The number of fused-ring (bicyclic) bond motifs is 3. The molecule has 0 saturated heterocycles. The van der Waals surface area contributed by atoms with Crippen LogP contribution in [0.4, 0.5) is 10.7 Å². The molecule has 5 rings (SSSR count). The summed E-state index contributed by atoms with van der Waals surface area (Å²) in [5, 5.41) is 9.33. The number of halogens is 1. The van der Waals surface area contributed by atoms with Crippen LogP contribution >= 0.6 is 11.6 Å². The number of amides is 1. The van der Waals surface area contributed by atoms with Crippen molar-refractivity contribution >= 4 is 29.6 Å². The van der Waals surface area contributed by atoms with E-state index in [1.165, 1.54) is 11.1 Å². The average Bonchev–Trinajstić information content (AvgIpc) is 3.22. The van der Waals surface area contributed by atoms with E-state index in [2.05, 4.69) is 22.1 Å². The summed E-state index contributed by atoms with van der Waals surface area (Å²) in [5.41, 5.74) is 5.07. The first-order chi connectivity index (χ1) is 17.5. The van der Waals surface area contributed by atoms with Crippen molar-refractivity contribution in [2.75, 3.05) is 18.1 Å². The Kier molecular flexibility index (Phi) is 6.64. The van der Waals surface area contributed by atoms with Crippen LogP contribution in [-0.2, 0) is 11.2 Å². The van der Waals surface area contributed by atoms with Crippen LogP contribution < -0.4 is 4.90 Å². The maximum atomic E-state index is 13.4. The molecule has 1 aliphatic rings. The maximum absolute atomic E-state index is 13.4. The highest BCUT2D eigenvalue weighted by atomic mass is 35.5. The van der Waals surface area contributed by atoms with Gasteiger partial charge in [0.05, 0.1) is 11.2 Å². The second-order valence-electron chi connectivity index (χ2n) is 8.36. The van der Waals surface area contributed by atoms with Gasteiger partial charge in [-0.25, -0.2) is 24.5 Å². The SMILES string of the molecule is O=C(O)c1nc(N(CCc2ccccc2)C(=O)OCC2c3ccccc3-c3ccccc32)ncc1Cl. The van der Waals surface area contributed by atoms with Gasteiger partial charge in [-0.3, -0.25) is 0 Å². The highest BCUT2D eigenvalue weighted by Crippen LogP contribution is 2.44. The van der Waals surface area contributed by atoms with Crippen LogP contribution in [0.15, 0.2) is 85.1 Å². The van der Waals surface area contributed by atoms with E-state index in [1.54, 1.807) is 0 Å². The molecule has 36 heavy (non-hydrogen) atoms. The number of anilines is 1. The molecule has 7 nitrogen and oxygen atoms in total. The Hall–Kier alpha value is -4.23. The lowest BCUT2D eigenvalue weighted by molar-refractivity contribution is 0.0690. The minimum Gasteiger partial charge on any atom is -0.476 e. The Labute approximate surface area is 213 Å². The first kappa shape index (κ1) is 23.5. The van der Waals surface area contributed by atoms with E-state index in [0.29, 0.717) is 6.42 Å². The maximum Gasteiger partial charge on any atom is 0.416 e. The lowest BCUT2D eigenvalue weighted by Crippen LogP contribution is -2.36. The van der Waals surface area contributed by atoms with Crippen molar-refractivity contribution in [3.8, 4) is 11.1 Å². The van der Waals surface area contributed by atoms with Gasteiger partial charge in [-0.1, -0.05) is 90.5 Å². The van der Waals surface area contributed by atoms with E-state index in [-0.39, 0.29) is 35.7 Å². The number of carboxylic acids is 1. The molecule has 1 amide bonds. The van der Waals surface area contributed by atoms with Crippen LogP contribution in [0.5, 0.6) is 0 Å². The number of hydrogen-bond acceptors (Lipinski definition) is 5. The molecule has 0 atom stereocenters. The number of aromatic carboxylic acids is 1. The summed E-state index contributed by atoms with van der Waals surface area (Å²) >= 11 is 5.95. The molecule has 1 aromatic heterocycles. The topological polar surface area (TPSA) is 92.6 Å². The second-order valence-corrected chi connectivity index (χ2v) is 8.77. The zero-order valence-electron chi connectivity index (χ0n) is 19.2. The first-order valence-corrected chi connectivity index (χ1v) is 11.8. The molecule has 180 valence electrons. The molecule has 8 heteroatoms. The van der Waals surface area contributed by atoms with Crippen molar-refractivity contribution in [3.05, 3.63) is 112 Å². The molecule has 1 N–H and O–H groups in total. The minimum absolute atomic E-state index is 0.0787. The van der Waals surface area contributed by atoms with Crippen LogP contribution in [-0.4, -0.2) is 40.3 Å². The van der Waals surface area contributed by atoms with Gasteiger partial charge in [-0.15, -0.1) is 0 Å². The number of ether oxygens (including phenoxy) is 1. The molecule has 0 spiro atoms. The van der Waals surface area contributed by atoms with Gasteiger partial charge in [0.15, 0.2) is 5.69 Å². The number of nitrogens with zero attached hydrogens (tertiary/aromatic N) is 3. The molecule has 0 fully saturated rings. The number of rotatable bonds is 7. The summed E-state index contributed by atoms with van der Waals surface area (Å²) in [4.78, 5) is 34.3. The Morgan fingerprint density at radius 1 is 0.917 bits per heavy atom. The summed E-state index contributed by atoms with van der Waals surface area (Å²) in [6, 6.07) is 25.8. The van der Waals surface area contributed by atoms with Gasteiger partial charge in [0.25, 0.3) is 0 Å². The Bertz CT molecular complexity index is 1380. The van der Waals surface area contributed by atoms with E-state index < -0.39 is 12.1 Å². The molecule has 1 aliphatic carbocycles. The van der Waals surface area contributed by atoms with E-state index >= 15 is 0 Å². The van der Waals surface area contributed by atoms with Crippen LogP contribution in [0.3, 0.4) is 0 Å². The number of hydrogen-bond donors (Lipinski definition) is 1. The number of aromatic nitrogens is 2. The van der Waals surface area contributed by atoms with Gasteiger partial charge in [0, 0.05) is 12.5 Å². The van der Waals surface area contributed by atoms with Gasteiger partial charge in [-0.2, -0.15) is 0 Å². The van der Waals surface area contributed by atoms with Crippen molar-refractivity contribution in [2.45, 2.75) is 12.3 Å². The summed E-state index contributed by atoms with van der Waals surface area (Å²) in [6.07, 6.45) is 1.02. The highest BCUT2D eigenvalue weighted by Gasteiger charge is 2.30. The molecule has 4 aromatic rings. The third-order valence-electron chi connectivity index (χ3n) is 6.20. The monoisotopic (exact) mass is 499 g/mol. The number of carboxylic acid groups (broad SMARTS) is 1. The predicted octanol–water partition coefficient (Wildman–Crippen LogP) is 5.83. The quantitative estimate of drug-likeness (QED) is 0.344. The molecule has 0 bridgehead atoms. The molecule has 0 saturated carbocycles. The van der Waals surface area contributed by atoms with Crippen LogP contribution in [0, 0.1) is 0 Å². The van der Waals surface area contributed by atoms with Crippen LogP contribution in [0.1, 0.15) is 33.1 Å². The van der Waals surface area contributed by atoms with E-state index in [9.17, 15) is 14.7 Å². The normalized spacial score (nSPS) is 12.0. The first-order valence-electron chi connectivity index (χ1n) is 11.4. The van der Waals surface area contributed by atoms with Gasteiger partial charge < -0.3 is 9.84 Å². The Balaban J connectivity index is 1.40. The van der Waals surface area contributed by atoms with Gasteiger partial charge >= 0.3 is 12.1 Å². The Morgan fingerprint density at radius 2 is 1.53 bits per heavy atom. The van der Waals surface area contributed by atoms with Gasteiger partial charge in [-0.05, 0) is 34.2 Å². The molecule has 0 unspecified atom stereocenters. The molecule has 3 aromatic carbocycles. The van der Waals surface area contributed by atoms with Gasteiger partial charge in [0.2, 0.25) is 5.95 Å². The fraction of sp³-hybridized carbons (Fsp3) is 0.143. The lowest BCUT2D eigenvalue weighted by Gasteiger charge is -2.22. The number of carbonyl (C=O) groups is 2. The Morgan fingerprint density at radius 3 is 2.17 bits per heavy atom. The minimum atomic E-state index is -1.31. The fourth-order valence-electron chi connectivity index (χ4n) is 4.47. The van der Waals surface area contributed by atoms with Gasteiger partial charge in [0.1, 0.15) is 6.61 Å². The van der Waals surface area contributed by atoms with E-state index in [1.807, 2.05) is 66.7 Å². The molecular formula is C28H22ClN3O4. The number of carbonyl (C=O) groups excluding carboxylic acids is 1. The summed E-state index contributed by atoms with van der Waals surface area (Å²) < 4.78 is 5.80. The fourth-order valence-corrected chi connectivity index (χ4v) is 4.64. The molecule has 0 aliphatic heterocycles. The lowest BCUT2D eigenvalue weighted by atomic mass is 9.98. The smallest absolute Gasteiger partial charge is 0.416 e. The zero-order valence-corrected chi connectivity index (χ0v) is 19.9. The third kappa shape index (κ3) is 4.65.